The van der Waals surface area contributed by atoms with E-state index in [1.54, 1.807) is 0 Å². The fourth-order valence-corrected chi connectivity index (χ4v) is 2.27. The van der Waals surface area contributed by atoms with E-state index in [4.69, 9.17) is 16.3 Å². The van der Waals surface area contributed by atoms with Crippen LogP contribution < -0.4 is 0 Å². The van der Waals surface area contributed by atoms with Crippen molar-refractivity contribution in [3.05, 3.63) is 0 Å². The molecule has 0 aromatic carbocycles. The van der Waals surface area contributed by atoms with E-state index >= 15 is 0 Å². The van der Waals surface area contributed by atoms with Crippen molar-refractivity contribution in [2.45, 2.75) is 84.0 Å². The Bertz CT molecular complexity index is 210. The summed E-state index contributed by atoms with van der Waals surface area (Å²) in [4.78, 5) is 10.8. The zero-order chi connectivity index (χ0) is 14.9. The molecule has 0 amide bonds. The predicted octanol–water partition coefficient (Wildman–Crippen LogP) is 6.04. The maximum absolute atomic E-state index is 10.8. The van der Waals surface area contributed by atoms with Gasteiger partial charge in [0.05, 0.1) is 6.61 Å². The average molecular weight is 307 g/mol. The molecule has 0 N–H and O–H groups in total. The summed E-state index contributed by atoms with van der Waals surface area (Å²) < 4.78 is 9.28. The molecule has 0 heterocycles. The Morgan fingerprint density at radius 1 is 0.750 bits per heavy atom. The van der Waals surface area contributed by atoms with Crippen molar-refractivity contribution in [1.82, 2.24) is 0 Å². The predicted molar refractivity (Wildman–Crippen MR) is 84.2 cm³/mol. The van der Waals surface area contributed by atoms with Gasteiger partial charge in [-0.3, -0.25) is 0 Å². The van der Waals surface area contributed by atoms with Gasteiger partial charge in [-0.05, 0) is 6.42 Å². The number of carbonyl (C=O) groups is 1. The zero-order valence-corrected chi connectivity index (χ0v) is 13.8. The highest BCUT2D eigenvalue weighted by atomic mass is 35.5. The average Bonchev–Trinajstić information content (AvgIpc) is 2.44. The molecule has 0 unspecified atom stereocenters. The van der Waals surface area contributed by atoms with Crippen molar-refractivity contribution in [2.75, 3.05) is 12.7 Å². The lowest BCUT2D eigenvalue weighted by Gasteiger charge is -2.04. The molecule has 0 spiro atoms. The summed E-state index contributed by atoms with van der Waals surface area (Å²) in [7, 11) is 0. The third-order valence-electron chi connectivity index (χ3n) is 3.39. The number of hydrogen-bond donors (Lipinski definition) is 0. The third-order valence-corrected chi connectivity index (χ3v) is 3.50. The quantitative estimate of drug-likeness (QED) is 0.223. The monoisotopic (exact) mass is 306 g/mol. The SMILES string of the molecule is CCCCCCCCCCCCCCOC(=O)OCCl. The van der Waals surface area contributed by atoms with Crippen LogP contribution in [-0.2, 0) is 9.47 Å². The van der Waals surface area contributed by atoms with E-state index in [0.29, 0.717) is 6.61 Å². The number of carbonyl (C=O) groups excluding carboxylic acids is 1. The molecule has 0 bridgehead atoms. The van der Waals surface area contributed by atoms with Crippen LogP contribution in [-0.4, -0.2) is 18.8 Å². The Hall–Kier alpha value is -0.440. The van der Waals surface area contributed by atoms with E-state index in [2.05, 4.69) is 11.7 Å². The van der Waals surface area contributed by atoms with E-state index in [9.17, 15) is 4.79 Å². The van der Waals surface area contributed by atoms with Gasteiger partial charge in [-0.1, -0.05) is 89.2 Å². The molecule has 4 heteroatoms. The van der Waals surface area contributed by atoms with Crippen LogP contribution in [0, 0.1) is 0 Å². The second-order valence-electron chi connectivity index (χ2n) is 5.24. The summed E-state index contributed by atoms with van der Waals surface area (Å²) in [5.41, 5.74) is 0. The molecular formula is C16H31ClO3. The van der Waals surface area contributed by atoms with Crippen LogP contribution >= 0.6 is 11.6 Å². The summed E-state index contributed by atoms with van der Waals surface area (Å²) in [5, 5.41) is 0. The minimum atomic E-state index is -0.664. The smallest absolute Gasteiger partial charge is 0.434 e. The van der Waals surface area contributed by atoms with Crippen LogP contribution in [0.2, 0.25) is 0 Å². The van der Waals surface area contributed by atoms with Gasteiger partial charge in [0.2, 0.25) is 0 Å². The van der Waals surface area contributed by atoms with Gasteiger partial charge in [-0.2, -0.15) is 0 Å². The van der Waals surface area contributed by atoms with Crippen LogP contribution in [0.15, 0.2) is 0 Å². The van der Waals surface area contributed by atoms with Crippen molar-refractivity contribution in [2.24, 2.45) is 0 Å². The van der Waals surface area contributed by atoms with Gasteiger partial charge in [0, 0.05) is 0 Å². The third kappa shape index (κ3) is 15.6. The largest absolute Gasteiger partial charge is 0.509 e. The molecule has 0 aliphatic rings. The Morgan fingerprint density at radius 2 is 1.20 bits per heavy atom. The van der Waals surface area contributed by atoms with Crippen molar-refractivity contribution in [1.29, 1.82) is 0 Å². The second kappa shape index (κ2) is 16.6. The van der Waals surface area contributed by atoms with E-state index in [1.165, 1.54) is 64.2 Å². The molecule has 0 aliphatic carbocycles. The lowest BCUT2D eigenvalue weighted by atomic mass is 10.1. The van der Waals surface area contributed by atoms with Crippen molar-refractivity contribution in [3.63, 3.8) is 0 Å². The van der Waals surface area contributed by atoms with Crippen molar-refractivity contribution in [3.8, 4) is 0 Å². The van der Waals surface area contributed by atoms with Gasteiger partial charge >= 0.3 is 6.16 Å². The van der Waals surface area contributed by atoms with E-state index in [-0.39, 0.29) is 6.07 Å². The molecule has 0 saturated heterocycles. The van der Waals surface area contributed by atoms with Crippen LogP contribution in [0.4, 0.5) is 4.79 Å². The van der Waals surface area contributed by atoms with Gasteiger partial charge in [0.25, 0.3) is 0 Å². The molecule has 0 rings (SSSR count). The lowest BCUT2D eigenvalue weighted by molar-refractivity contribution is 0.0664. The first kappa shape index (κ1) is 19.6. The molecule has 120 valence electrons. The summed E-state index contributed by atoms with van der Waals surface area (Å²) in [5.74, 6) is 0. The number of hydrogen-bond acceptors (Lipinski definition) is 3. The maximum atomic E-state index is 10.8. The second-order valence-corrected chi connectivity index (χ2v) is 5.46. The fraction of sp³-hybridized carbons (Fsp3) is 0.938. The fourth-order valence-electron chi connectivity index (χ4n) is 2.18. The molecule has 0 fully saturated rings. The molecule has 0 saturated carbocycles. The summed E-state index contributed by atoms with van der Waals surface area (Å²) in [6, 6.07) is -0.142. The van der Waals surface area contributed by atoms with Crippen molar-refractivity contribution >= 4 is 17.8 Å². The molecule has 20 heavy (non-hydrogen) atoms. The summed E-state index contributed by atoms with van der Waals surface area (Å²) in [6.07, 6.45) is 14.9. The molecule has 0 aromatic rings. The molecule has 0 atom stereocenters. The minimum absolute atomic E-state index is 0.142. The number of rotatable bonds is 14. The van der Waals surface area contributed by atoms with E-state index in [1.807, 2.05) is 0 Å². The molecule has 0 aromatic heterocycles. The number of alkyl halides is 1. The number of ether oxygens (including phenoxy) is 2. The highest BCUT2D eigenvalue weighted by Crippen LogP contribution is 2.11. The Morgan fingerprint density at radius 3 is 1.65 bits per heavy atom. The summed E-state index contributed by atoms with van der Waals surface area (Å²) >= 11 is 5.23. The van der Waals surface area contributed by atoms with Crippen LogP contribution in [0.5, 0.6) is 0 Å². The zero-order valence-electron chi connectivity index (χ0n) is 13.0. The minimum Gasteiger partial charge on any atom is -0.434 e. The van der Waals surface area contributed by atoms with Crippen LogP contribution in [0.3, 0.4) is 0 Å². The highest BCUT2D eigenvalue weighted by molar-refractivity contribution is 6.17. The van der Waals surface area contributed by atoms with E-state index < -0.39 is 6.16 Å². The lowest BCUT2D eigenvalue weighted by Crippen LogP contribution is -2.07. The maximum Gasteiger partial charge on any atom is 0.509 e. The summed E-state index contributed by atoms with van der Waals surface area (Å²) in [6.45, 7) is 2.69. The molecule has 0 aliphatic heterocycles. The number of halogens is 1. The van der Waals surface area contributed by atoms with Crippen LogP contribution in [0.1, 0.15) is 84.0 Å². The first-order valence-electron chi connectivity index (χ1n) is 8.16. The topological polar surface area (TPSA) is 35.5 Å². The molecule has 0 radical (unpaired) electrons. The first-order valence-corrected chi connectivity index (χ1v) is 8.70. The van der Waals surface area contributed by atoms with Gasteiger partial charge < -0.3 is 9.47 Å². The Kier molecular flexibility index (Phi) is 16.2. The van der Waals surface area contributed by atoms with Gasteiger partial charge in [-0.15, -0.1) is 0 Å². The van der Waals surface area contributed by atoms with Gasteiger partial charge in [-0.25, -0.2) is 4.79 Å². The Balaban J connectivity index is 3.01. The Labute approximate surface area is 129 Å². The molecule has 3 nitrogen and oxygen atoms in total. The standard InChI is InChI=1S/C16H31ClO3/c1-2-3-4-5-6-7-8-9-10-11-12-13-14-19-16(18)20-15-17/h2-15H2,1H3. The first-order chi connectivity index (χ1) is 9.81. The van der Waals surface area contributed by atoms with Crippen molar-refractivity contribution < 1.29 is 14.3 Å². The normalized spacial score (nSPS) is 10.5. The van der Waals surface area contributed by atoms with Gasteiger partial charge in [0.15, 0.2) is 6.07 Å². The van der Waals surface area contributed by atoms with Crippen LogP contribution in [0.25, 0.3) is 0 Å². The van der Waals surface area contributed by atoms with E-state index in [0.717, 1.165) is 12.8 Å². The number of unbranched alkanes of at least 4 members (excludes halogenated alkanes) is 11. The highest BCUT2D eigenvalue weighted by Gasteiger charge is 2.01. The molecular weight excluding hydrogens is 276 g/mol. The van der Waals surface area contributed by atoms with Gasteiger partial charge in [0.1, 0.15) is 0 Å².